The quantitative estimate of drug-likeness (QED) is 0.179. The first-order valence-corrected chi connectivity index (χ1v) is 15.8. The van der Waals surface area contributed by atoms with E-state index in [9.17, 15) is 24.3 Å². The fraction of sp³-hybridized carbons (Fsp3) is 0.200. The van der Waals surface area contributed by atoms with Crippen LogP contribution in [0.15, 0.2) is 111 Å². The number of ketones is 2. The van der Waals surface area contributed by atoms with E-state index in [2.05, 4.69) is 31.9 Å². The fourth-order valence-electron chi connectivity index (χ4n) is 7.00. The highest BCUT2D eigenvalue weighted by Crippen LogP contribution is 2.56. The number of carbonyl (C=O) groups is 4. The molecule has 1 N–H and O–H groups in total. The molecule has 1 aliphatic heterocycles. The molecule has 220 valence electrons. The van der Waals surface area contributed by atoms with Crippen LogP contribution in [0.1, 0.15) is 29.9 Å². The van der Waals surface area contributed by atoms with Crippen LogP contribution in [0.2, 0.25) is 0 Å². The van der Waals surface area contributed by atoms with E-state index in [1.807, 2.05) is 36.4 Å². The molecule has 2 amide bonds. The van der Waals surface area contributed by atoms with Crippen molar-refractivity contribution < 1.29 is 29.0 Å². The molecule has 7 nitrogen and oxygen atoms in total. The van der Waals surface area contributed by atoms with Crippen molar-refractivity contribution in [2.75, 3.05) is 4.90 Å². The molecule has 9 heteroatoms. The number of rotatable bonds is 5. The van der Waals surface area contributed by atoms with Gasteiger partial charge in [-0.1, -0.05) is 64.0 Å². The van der Waals surface area contributed by atoms with E-state index >= 15 is 0 Å². The zero-order valence-electron chi connectivity index (χ0n) is 23.2. The van der Waals surface area contributed by atoms with Crippen LogP contribution in [0.25, 0.3) is 0 Å². The van der Waals surface area contributed by atoms with Gasteiger partial charge < -0.3 is 9.84 Å². The van der Waals surface area contributed by atoms with E-state index in [0.717, 1.165) is 15.6 Å². The largest absolute Gasteiger partial charge is 0.507 e. The maximum Gasteiger partial charge on any atom is 0.238 e. The number of halogens is 2. The van der Waals surface area contributed by atoms with Gasteiger partial charge in [0.25, 0.3) is 0 Å². The van der Waals surface area contributed by atoms with Crippen LogP contribution >= 0.6 is 31.9 Å². The summed E-state index contributed by atoms with van der Waals surface area (Å²) in [5.74, 6) is -3.43. The number of hydrogen-bond donors (Lipinski definition) is 1. The number of amides is 2. The number of Topliss-reactive ketones (excluding diaryl/α,β-unsaturated/α-hetero) is 1. The number of aromatic hydroxyl groups is 1. The normalized spacial score (nSPS) is 24.5. The molecule has 4 atom stereocenters. The molecule has 0 spiro atoms. The van der Waals surface area contributed by atoms with E-state index in [1.54, 1.807) is 36.4 Å². The molecular weight excluding hydrogens is 690 g/mol. The number of benzene rings is 3. The predicted molar refractivity (Wildman–Crippen MR) is 170 cm³/mol. The number of imide groups is 1. The molecule has 7 rings (SSSR count). The van der Waals surface area contributed by atoms with E-state index in [0.29, 0.717) is 41.2 Å². The maximum absolute atomic E-state index is 14.0. The molecule has 3 aliphatic carbocycles. The van der Waals surface area contributed by atoms with Gasteiger partial charge in [-0.15, -0.1) is 0 Å². The smallest absolute Gasteiger partial charge is 0.238 e. The summed E-state index contributed by atoms with van der Waals surface area (Å²) in [5, 5.41) is 11.3. The number of phenolic OH excluding ortho intramolecular Hbond substituents is 1. The topological polar surface area (TPSA) is 101 Å². The van der Waals surface area contributed by atoms with E-state index in [1.165, 1.54) is 17.0 Å². The Hall–Kier alpha value is -4.08. The van der Waals surface area contributed by atoms with Gasteiger partial charge in [0.2, 0.25) is 11.8 Å². The molecule has 1 heterocycles. The second-order valence-electron chi connectivity index (χ2n) is 11.4. The molecule has 0 unspecified atom stereocenters. The van der Waals surface area contributed by atoms with Gasteiger partial charge in [-0.2, -0.15) is 0 Å². The standard InChI is InChI=1S/C35H25Br2NO6/c36-19-6-8-20(9-7-19)38-34(42)24-13-12-22-25(31(24)35(38)43)15-26-32(29(40)16-27(37)33(26)41)30(22)23-11-10-21(14-28(23)39)44-17-18-4-2-1-3-5-18/h1-12,14,16,24-25,30-31,39H,13,15,17H2/t24-,25+,30+,31-/m0/s1. The summed E-state index contributed by atoms with van der Waals surface area (Å²) in [4.78, 5) is 55.9. The SMILES string of the molecule is O=C1C=C(Br)C(=O)C2=C1[C@@H](c1ccc(OCc3ccccc3)cc1O)C1=CC[C@@H]3C(=O)N(c4ccc(Br)cc4)C(=O)[C@@H]3[C@@H]1C2. The maximum atomic E-state index is 14.0. The Morgan fingerprint density at radius 1 is 0.886 bits per heavy atom. The predicted octanol–water partition coefficient (Wildman–Crippen LogP) is 6.70. The van der Waals surface area contributed by atoms with Gasteiger partial charge in [-0.05, 0) is 70.6 Å². The number of ether oxygens (including phenoxy) is 1. The van der Waals surface area contributed by atoms with Crippen LogP contribution in [0.4, 0.5) is 5.69 Å². The van der Waals surface area contributed by atoms with Crippen LogP contribution in [0.5, 0.6) is 11.5 Å². The van der Waals surface area contributed by atoms with Gasteiger partial charge in [-0.3, -0.25) is 24.1 Å². The molecular formula is C35H25Br2NO6. The van der Waals surface area contributed by atoms with Gasteiger partial charge in [0.1, 0.15) is 18.1 Å². The van der Waals surface area contributed by atoms with Crippen molar-refractivity contribution in [3.8, 4) is 11.5 Å². The number of carbonyl (C=O) groups excluding carboxylic acids is 4. The Labute approximate surface area is 270 Å². The Morgan fingerprint density at radius 3 is 2.36 bits per heavy atom. The second-order valence-corrected chi connectivity index (χ2v) is 13.1. The average Bonchev–Trinajstić information content (AvgIpc) is 3.28. The molecule has 1 fully saturated rings. The number of hydrogen-bond acceptors (Lipinski definition) is 6. The highest BCUT2D eigenvalue weighted by atomic mass is 79.9. The zero-order chi connectivity index (χ0) is 30.7. The first kappa shape index (κ1) is 28.7. The van der Waals surface area contributed by atoms with E-state index in [4.69, 9.17) is 4.74 Å². The Kier molecular flexibility index (Phi) is 7.25. The van der Waals surface area contributed by atoms with Gasteiger partial charge in [0.05, 0.1) is 22.0 Å². The lowest BCUT2D eigenvalue weighted by Crippen LogP contribution is -2.39. The third kappa shape index (κ3) is 4.70. The minimum Gasteiger partial charge on any atom is -0.507 e. The van der Waals surface area contributed by atoms with Gasteiger partial charge in [0, 0.05) is 39.2 Å². The van der Waals surface area contributed by atoms with Gasteiger partial charge >= 0.3 is 0 Å². The molecule has 0 saturated carbocycles. The molecule has 0 aromatic heterocycles. The molecule has 3 aromatic carbocycles. The van der Waals surface area contributed by atoms with Crippen molar-refractivity contribution in [2.24, 2.45) is 17.8 Å². The van der Waals surface area contributed by atoms with Gasteiger partial charge in [0.15, 0.2) is 11.6 Å². The summed E-state index contributed by atoms with van der Waals surface area (Å²) in [7, 11) is 0. The number of nitrogens with zero attached hydrogens (tertiary/aromatic N) is 1. The van der Waals surface area contributed by atoms with Crippen molar-refractivity contribution in [3.05, 3.63) is 122 Å². The molecule has 0 radical (unpaired) electrons. The second kappa shape index (κ2) is 11.1. The summed E-state index contributed by atoms with van der Waals surface area (Å²) in [5.41, 5.74) is 3.28. The van der Waals surface area contributed by atoms with E-state index < -0.39 is 23.7 Å². The molecule has 1 saturated heterocycles. The van der Waals surface area contributed by atoms with Crippen molar-refractivity contribution in [1.82, 2.24) is 0 Å². The highest BCUT2D eigenvalue weighted by Gasteiger charge is 2.56. The summed E-state index contributed by atoms with van der Waals surface area (Å²) >= 11 is 6.65. The van der Waals surface area contributed by atoms with Crippen LogP contribution in [0, 0.1) is 17.8 Å². The van der Waals surface area contributed by atoms with Crippen molar-refractivity contribution >= 4 is 60.9 Å². The minimum atomic E-state index is -0.759. The van der Waals surface area contributed by atoms with E-state index in [-0.39, 0.29) is 40.0 Å². The lowest BCUT2D eigenvalue weighted by Gasteiger charge is -2.42. The van der Waals surface area contributed by atoms with Crippen molar-refractivity contribution in [2.45, 2.75) is 25.4 Å². The molecule has 0 bridgehead atoms. The lowest BCUT2D eigenvalue weighted by atomic mass is 9.59. The first-order valence-electron chi connectivity index (χ1n) is 14.2. The minimum absolute atomic E-state index is 0.0877. The highest BCUT2D eigenvalue weighted by molar-refractivity contribution is 9.12. The Bertz CT molecular complexity index is 1840. The number of fused-ring (bicyclic) bond motifs is 3. The number of phenols is 1. The third-order valence-electron chi connectivity index (χ3n) is 8.98. The van der Waals surface area contributed by atoms with Crippen molar-refractivity contribution in [1.29, 1.82) is 0 Å². The lowest BCUT2D eigenvalue weighted by molar-refractivity contribution is -0.123. The van der Waals surface area contributed by atoms with Crippen LogP contribution in [0.3, 0.4) is 0 Å². The summed E-state index contributed by atoms with van der Waals surface area (Å²) in [6, 6.07) is 21.6. The van der Waals surface area contributed by atoms with Gasteiger partial charge in [-0.25, -0.2) is 0 Å². The summed E-state index contributed by atoms with van der Waals surface area (Å²) in [6.45, 7) is 0.311. The first-order chi connectivity index (χ1) is 21.2. The zero-order valence-corrected chi connectivity index (χ0v) is 26.4. The third-order valence-corrected chi connectivity index (χ3v) is 10.1. The van der Waals surface area contributed by atoms with Crippen LogP contribution < -0.4 is 9.64 Å². The summed E-state index contributed by atoms with van der Waals surface area (Å²) in [6.07, 6.45) is 3.67. The number of anilines is 1. The average molecular weight is 715 g/mol. The van der Waals surface area contributed by atoms with Crippen LogP contribution in [-0.4, -0.2) is 28.5 Å². The number of allylic oxidation sites excluding steroid dienone is 6. The molecule has 44 heavy (non-hydrogen) atoms. The monoisotopic (exact) mass is 713 g/mol. The Balaban J connectivity index is 1.28. The van der Waals surface area contributed by atoms with Crippen LogP contribution in [-0.2, 0) is 25.8 Å². The Morgan fingerprint density at radius 2 is 1.64 bits per heavy atom. The molecule has 3 aromatic rings. The summed E-state index contributed by atoms with van der Waals surface area (Å²) < 4.78 is 6.89. The van der Waals surface area contributed by atoms with Crippen molar-refractivity contribution in [3.63, 3.8) is 0 Å². The molecule has 4 aliphatic rings. The fourth-order valence-corrected chi connectivity index (χ4v) is 7.72.